The Kier molecular flexibility index (Phi) is 5.36. The zero-order chi connectivity index (χ0) is 20.4. The van der Waals surface area contributed by atoms with Crippen LogP contribution in [0.5, 0.6) is 5.75 Å². The molecule has 1 N–H and O–H groups in total. The fraction of sp³-hybridized carbons (Fsp3) is 0.217. The molecule has 3 aromatic rings. The summed E-state index contributed by atoms with van der Waals surface area (Å²) >= 11 is 1.55. The number of hydrogen-bond acceptors (Lipinski definition) is 4. The summed E-state index contributed by atoms with van der Waals surface area (Å²) in [6.45, 7) is 4.25. The SMILES string of the molecule is Cc1ccccc1CN1C(=O)C(C)Oc2ccc(NC(=O)Cc3cccs3)cc21. The summed E-state index contributed by atoms with van der Waals surface area (Å²) in [7, 11) is 0. The topological polar surface area (TPSA) is 58.6 Å². The van der Waals surface area contributed by atoms with Crippen molar-refractivity contribution in [2.45, 2.75) is 32.9 Å². The van der Waals surface area contributed by atoms with Gasteiger partial charge in [-0.3, -0.25) is 9.59 Å². The average Bonchev–Trinajstić information content (AvgIpc) is 3.20. The standard InChI is InChI=1S/C23H22N2O3S/c1-15-6-3-4-7-17(15)14-25-20-12-18(9-10-21(20)28-16(2)23(25)27)24-22(26)13-19-8-5-11-29-19/h3-12,16H,13-14H2,1-2H3,(H,24,26). The number of anilines is 2. The van der Waals surface area contributed by atoms with Crippen LogP contribution in [0.4, 0.5) is 11.4 Å². The molecule has 0 radical (unpaired) electrons. The van der Waals surface area contributed by atoms with Gasteiger partial charge < -0.3 is 15.0 Å². The number of aryl methyl sites for hydroxylation is 1. The van der Waals surface area contributed by atoms with Crippen molar-refractivity contribution in [1.29, 1.82) is 0 Å². The Morgan fingerprint density at radius 2 is 2.00 bits per heavy atom. The van der Waals surface area contributed by atoms with E-state index in [0.29, 0.717) is 30.1 Å². The summed E-state index contributed by atoms with van der Waals surface area (Å²) in [5, 5.41) is 4.88. The van der Waals surface area contributed by atoms with Crippen molar-refractivity contribution in [2.75, 3.05) is 10.2 Å². The minimum atomic E-state index is -0.550. The summed E-state index contributed by atoms with van der Waals surface area (Å²) in [6, 6.07) is 17.3. The van der Waals surface area contributed by atoms with Crippen LogP contribution in [0.15, 0.2) is 60.0 Å². The molecule has 1 atom stereocenters. The van der Waals surface area contributed by atoms with Gasteiger partial charge in [-0.25, -0.2) is 0 Å². The normalized spacial score (nSPS) is 15.6. The van der Waals surface area contributed by atoms with E-state index in [0.717, 1.165) is 16.0 Å². The van der Waals surface area contributed by atoms with Crippen LogP contribution in [0.1, 0.15) is 22.9 Å². The van der Waals surface area contributed by atoms with Gasteiger partial charge in [0.15, 0.2) is 6.10 Å². The van der Waals surface area contributed by atoms with Crippen LogP contribution in [-0.4, -0.2) is 17.9 Å². The maximum Gasteiger partial charge on any atom is 0.268 e. The number of rotatable bonds is 5. The second-order valence-corrected chi connectivity index (χ2v) is 8.13. The molecule has 0 spiro atoms. The number of carbonyl (C=O) groups excluding carboxylic acids is 2. The third-order valence-electron chi connectivity index (χ3n) is 4.96. The van der Waals surface area contributed by atoms with Gasteiger partial charge in [0.1, 0.15) is 5.75 Å². The van der Waals surface area contributed by atoms with Gasteiger partial charge in [0, 0.05) is 10.6 Å². The Morgan fingerprint density at radius 3 is 2.76 bits per heavy atom. The molecule has 1 aromatic heterocycles. The van der Waals surface area contributed by atoms with Gasteiger partial charge >= 0.3 is 0 Å². The van der Waals surface area contributed by atoms with Gasteiger partial charge in [-0.15, -0.1) is 11.3 Å². The molecule has 148 valence electrons. The van der Waals surface area contributed by atoms with Gasteiger partial charge in [-0.1, -0.05) is 30.3 Å². The number of nitrogens with zero attached hydrogens (tertiary/aromatic N) is 1. The van der Waals surface area contributed by atoms with Crippen molar-refractivity contribution in [2.24, 2.45) is 0 Å². The van der Waals surface area contributed by atoms with Crippen molar-refractivity contribution in [3.05, 3.63) is 76.0 Å². The van der Waals surface area contributed by atoms with Crippen LogP contribution in [0.3, 0.4) is 0 Å². The zero-order valence-corrected chi connectivity index (χ0v) is 17.2. The number of amides is 2. The maximum absolute atomic E-state index is 12.9. The third-order valence-corrected chi connectivity index (χ3v) is 5.83. The summed E-state index contributed by atoms with van der Waals surface area (Å²) in [5.41, 5.74) is 3.52. The summed E-state index contributed by atoms with van der Waals surface area (Å²) in [5.74, 6) is 0.457. The minimum absolute atomic E-state index is 0.0886. The van der Waals surface area contributed by atoms with E-state index in [2.05, 4.69) is 5.32 Å². The monoisotopic (exact) mass is 406 g/mol. The lowest BCUT2D eigenvalue weighted by atomic mass is 10.1. The van der Waals surface area contributed by atoms with E-state index in [1.807, 2.05) is 60.8 Å². The molecule has 2 aromatic carbocycles. The van der Waals surface area contributed by atoms with Crippen LogP contribution in [0.2, 0.25) is 0 Å². The van der Waals surface area contributed by atoms with E-state index < -0.39 is 6.10 Å². The fourth-order valence-corrected chi connectivity index (χ4v) is 4.09. The minimum Gasteiger partial charge on any atom is -0.479 e. The second kappa shape index (κ2) is 8.09. The molecule has 4 rings (SSSR count). The van der Waals surface area contributed by atoms with Crippen molar-refractivity contribution in [1.82, 2.24) is 0 Å². The number of fused-ring (bicyclic) bond motifs is 1. The molecule has 2 heterocycles. The highest BCUT2D eigenvalue weighted by atomic mass is 32.1. The first-order valence-electron chi connectivity index (χ1n) is 9.50. The number of thiophene rings is 1. The van der Waals surface area contributed by atoms with Gasteiger partial charge in [0.25, 0.3) is 5.91 Å². The quantitative estimate of drug-likeness (QED) is 0.676. The molecule has 0 saturated carbocycles. The summed E-state index contributed by atoms with van der Waals surface area (Å²) in [6.07, 6.45) is -0.223. The van der Waals surface area contributed by atoms with E-state index in [-0.39, 0.29) is 11.8 Å². The van der Waals surface area contributed by atoms with Crippen molar-refractivity contribution < 1.29 is 14.3 Å². The smallest absolute Gasteiger partial charge is 0.268 e. The molecule has 1 unspecified atom stereocenters. The van der Waals surface area contributed by atoms with E-state index in [1.165, 1.54) is 0 Å². The number of hydrogen-bond donors (Lipinski definition) is 1. The van der Waals surface area contributed by atoms with Crippen LogP contribution in [-0.2, 0) is 22.6 Å². The predicted octanol–water partition coefficient (Wildman–Crippen LogP) is 4.55. The second-order valence-electron chi connectivity index (χ2n) is 7.10. The number of ether oxygens (including phenoxy) is 1. The molecule has 0 fully saturated rings. The molecular formula is C23H22N2O3S. The molecule has 0 bridgehead atoms. The van der Waals surface area contributed by atoms with Gasteiger partial charge in [-0.2, -0.15) is 0 Å². The van der Waals surface area contributed by atoms with Crippen LogP contribution in [0, 0.1) is 6.92 Å². The molecule has 6 heteroatoms. The Morgan fingerprint density at radius 1 is 1.17 bits per heavy atom. The molecule has 0 aliphatic carbocycles. The predicted molar refractivity (Wildman–Crippen MR) is 116 cm³/mol. The summed E-state index contributed by atoms with van der Waals surface area (Å²) < 4.78 is 5.79. The van der Waals surface area contributed by atoms with Crippen molar-refractivity contribution >= 4 is 34.5 Å². The highest BCUT2D eigenvalue weighted by Gasteiger charge is 2.32. The first kappa shape index (κ1) is 19.2. The average molecular weight is 407 g/mol. The Labute approximate surface area is 173 Å². The first-order valence-corrected chi connectivity index (χ1v) is 10.4. The number of carbonyl (C=O) groups is 2. The maximum atomic E-state index is 12.9. The van der Waals surface area contributed by atoms with Crippen molar-refractivity contribution in [3.63, 3.8) is 0 Å². The lowest BCUT2D eigenvalue weighted by molar-refractivity contribution is -0.125. The van der Waals surface area contributed by atoms with Crippen LogP contribution in [0.25, 0.3) is 0 Å². The lowest BCUT2D eigenvalue weighted by Crippen LogP contribution is -2.44. The van der Waals surface area contributed by atoms with E-state index in [4.69, 9.17) is 4.74 Å². The Bertz CT molecular complexity index is 1050. The zero-order valence-electron chi connectivity index (χ0n) is 16.3. The number of benzene rings is 2. The molecule has 1 aliphatic heterocycles. The summed E-state index contributed by atoms with van der Waals surface area (Å²) in [4.78, 5) is 28.0. The molecule has 1 aliphatic rings. The molecule has 2 amide bonds. The van der Waals surface area contributed by atoms with Crippen LogP contribution >= 0.6 is 11.3 Å². The van der Waals surface area contributed by atoms with E-state index in [1.54, 1.807) is 29.2 Å². The van der Waals surface area contributed by atoms with Crippen molar-refractivity contribution in [3.8, 4) is 5.75 Å². The largest absolute Gasteiger partial charge is 0.479 e. The first-order chi connectivity index (χ1) is 14.0. The van der Waals surface area contributed by atoms with Crippen LogP contribution < -0.4 is 15.0 Å². The van der Waals surface area contributed by atoms with Gasteiger partial charge in [0.05, 0.1) is 18.7 Å². The van der Waals surface area contributed by atoms with Gasteiger partial charge in [0.2, 0.25) is 5.91 Å². The Balaban J connectivity index is 1.60. The molecule has 29 heavy (non-hydrogen) atoms. The molecule has 5 nitrogen and oxygen atoms in total. The van der Waals surface area contributed by atoms with E-state index in [9.17, 15) is 9.59 Å². The highest BCUT2D eigenvalue weighted by molar-refractivity contribution is 7.10. The Hall–Kier alpha value is -3.12. The third kappa shape index (κ3) is 4.17. The van der Waals surface area contributed by atoms with E-state index >= 15 is 0 Å². The molecule has 0 saturated heterocycles. The molecular weight excluding hydrogens is 384 g/mol. The van der Waals surface area contributed by atoms with Gasteiger partial charge in [-0.05, 0) is 54.6 Å². The lowest BCUT2D eigenvalue weighted by Gasteiger charge is -2.33. The number of nitrogens with one attached hydrogen (secondary N) is 1. The highest BCUT2D eigenvalue weighted by Crippen LogP contribution is 2.37. The fourth-order valence-electron chi connectivity index (χ4n) is 3.38.